The van der Waals surface area contributed by atoms with E-state index in [1.807, 2.05) is 6.07 Å². The predicted octanol–water partition coefficient (Wildman–Crippen LogP) is 3.52. The number of carboxylic acid groups (broad SMARTS) is 1. The number of benzene rings is 1. The third-order valence-corrected chi connectivity index (χ3v) is 4.10. The molecule has 0 saturated carbocycles. The lowest BCUT2D eigenvalue weighted by molar-refractivity contribution is 0.0697. The molecule has 1 aliphatic rings. The Bertz CT molecular complexity index is 461. The van der Waals surface area contributed by atoms with Crippen LogP contribution in [0.5, 0.6) is 0 Å². The van der Waals surface area contributed by atoms with Gasteiger partial charge in [-0.25, -0.2) is 4.79 Å². The first-order valence-corrected chi connectivity index (χ1v) is 6.64. The molecule has 3 nitrogen and oxygen atoms in total. The van der Waals surface area contributed by atoms with Gasteiger partial charge in [0.05, 0.1) is 11.3 Å². The van der Waals surface area contributed by atoms with Gasteiger partial charge in [-0.05, 0) is 36.5 Å². The molecule has 1 N–H and O–H groups in total. The third kappa shape index (κ3) is 2.61. The Morgan fingerprint density at radius 2 is 2.11 bits per heavy atom. The maximum Gasteiger partial charge on any atom is 0.337 e. The summed E-state index contributed by atoms with van der Waals surface area (Å²) in [4.78, 5) is 13.4. The summed E-state index contributed by atoms with van der Waals surface area (Å²) in [6.45, 7) is 6.28. The molecule has 0 spiro atoms. The number of halogens is 1. The van der Waals surface area contributed by atoms with Crippen molar-refractivity contribution in [3.63, 3.8) is 0 Å². The third-order valence-electron chi connectivity index (χ3n) is 3.86. The van der Waals surface area contributed by atoms with Gasteiger partial charge >= 0.3 is 5.97 Å². The summed E-state index contributed by atoms with van der Waals surface area (Å²) < 4.78 is 0. The number of rotatable bonds is 2. The van der Waals surface area contributed by atoms with Crippen LogP contribution in [-0.4, -0.2) is 24.2 Å². The molecule has 0 radical (unpaired) electrons. The summed E-state index contributed by atoms with van der Waals surface area (Å²) in [5.74, 6) is 0.358. The zero-order valence-corrected chi connectivity index (χ0v) is 11.4. The molecule has 1 saturated heterocycles. The first kappa shape index (κ1) is 13.2. The lowest BCUT2D eigenvalue weighted by Crippen LogP contribution is -2.39. The Labute approximate surface area is 112 Å². The molecule has 1 aromatic carbocycles. The largest absolute Gasteiger partial charge is 0.478 e. The van der Waals surface area contributed by atoms with E-state index < -0.39 is 5.97 Å². The van der Waals surface area contributed by atoms with Gasteiger partial charge in [0.25, 0.3) is 0 Å². The number of hydrogen-bond donors (Lipinski definition) is 1. The summed E-state index contributed by atoms with van der Waals surface area (Å²) in [5.41, 5.74) is 1.08. The van der Waals surface area contributed by atoms with Crippen molar-refractivity contribution >= 4 is 23.3 Å². The van der Waals surface area contributed by atoms with Crippen molar-refractivity contribution in [2.24, 2.45) is 11.8 Å². The molecule has 0 aliphatic carbocycles. The molecular weight excluding hydrogens is 250 g/mol. The molecule has 1 aliphatic heterocycles. The second-order valence-electron chi connectivity index (χ2n) is 5.16. The fraction of sp³-hybridized carbons (Fsp3) is 0.500. The van der Waals surface area contributed by atoms with Crippen LogP contribution in [0.25, 0.3) is 0 Å². The van der Waals surface area contributed by atoms with Crippen LogP contribution in [0.3, 0.4) is 0 Å². The first-order chi connectivity index (χ1) is 8.49. The van der Waals surface area contributed by atoms with Gasteiger partial charge in [-0.15, -0.1) is 0 Å². The van der Waals surface area contributed by atoms with Gasteiger partial charge in [0.15, 0.2) is 0 Å². The van der Waals surface area contributed by atoms with E-state index in [1.165, 1.54) is 6.07 Å². The summed E-state index contributed by atoms with van der Waals surface area (Å²) >= 11 is 5.87. The first-order valence-electron chi connectivity index (χ1n) is 6.27. The van der Waals surface area contributed by atoms with Gasteiger partial charge in [0.1, 0.15) is 0 Å². The van der Waals surface area contributed by atoms with Gasteiger partial charge in [0, 0.05) is 18.1 Å². The van der Waals surface area contributed by atoms with Crippen molar-refractivity contribution in [1.29, 1.82) is 0 Å². The van der Waals surface area contributed by atoms with Crippen LogP contribution >= 0.6 is 11.6 Å². The van der Waals surface area contributed by atoms with Gasteiger partial charge in [-0.2, -0.15) is 0 Å². The zero-order chi connectivity index (χ0) is 13.3. The van der Waals surface area contributed by atoms with E-state index >= 15 is 0 Å². The minimum Gasteiger partial charge on any atom is -0.478 e. The van der Waals surface area contributed by atoms with E-state index in [2.05, 4.69) is 18.7 Å². The summed E-state index contributed by atoms with van der Waals surface area (Å²) in [6.07, 6.45) is 1.10. The van der Waals surface area contributed by atoms with E-state index in [4.69, 9.17) is 11.6 Å². The highest BCUT2D eigenvalue weighted by Crippen LogP contribution is 2.30. The predicted molar refractivity (Wildman–Crippen MR) is 73.6 cm³/mol. The van der Waals surface area contributed by atoms with E-state index in [0.717, 1.165) is 25.2 Å². The van der Waals surface area contributed by atoms with E-state index in [-0.39, 0.29) is 0 Å². The average Bonchev–Trinajstić information content (AvgIpc) is 2.32. The Kier molecular flexibility index (Phi) is 3.81. The Morgan fingerprint density at radius 3 is 2.72 bits per heavy atom. The molecule has 2 rings (SSSR count). The van der Waals surface area contributed by atoms with Crippen molar-refractivity contribution in [2.75, 3.05) is 18.0 Å². The van der Waals surface area contributed by atoms with Gasteiger partial charge < -0.3 is 10.0 Å². The number of piperidine rings is 1. The molecule has 2 atom stereocenters. The van der Waals surface area contributed by atoms with Crippen LogP contribution in [-0.2, 0) is 0 Å². The molecule has 1 fully saturated rings. The molecule has 0 amide bonds. The number of anilines is 1. The van der Waals surface area contributed by atoms with Crippen LogP contribution in [0.1, 0.15) is 30.6 Å². The van der Waals surface area contributed by atoms with Crippen molar-refractivity contribution < 1.29 is 9.90 Å². The number of nitrogens with zero attached hydrogens (tertiary/aromatic N) is 1. The number of aromatic carboxylic acids is 1. The Balaban J connectivity index is 2.30. The molecular formula is C14H18ClNO2. The fourth-order valence-corrected chi connectivity index (χ4v) is 2.61. The molecule has 2 unspecified atom stereocenters. The van der Waals surface area contributed by atoms with E-state index in [9.17, 15) is 9.90 Å². The highest BCUT2D eigenvalue weighted by molar-refractivity contribution is 6.31. The van der Waals surface area contributed by atoms with Crippen molar-refractivity contribution in [2.45, 2.75) is 20.3 Å². The lowest BCUT2D eigenvalue weighted by atomic mass is 9.88. The van der Waals surface area contributed by atoms with E-state index in [1.54, 1.807) is 6.07 Å². The minimum absolute atomic E-state index is 0.296. The van der Waals surface area contributed by atoms with Gasteiger partial charge in [-0.1, -0.05) is 25.4 Å². The maximum absolute atomic E-state index is 11.3. The smallest absolute Gasteiger partial charge is 0.337 e. The monoisotopic (exact) mass is 267 g/mol. The topological polar surface area (TPSA) is 40.5 Å². The van der Waals surface area contributed by atoms with Crippen LogP contribution in [0.4, 0.5) is 5.69 Å². The fourth-order valence-electron chi connectivity index (χ4n) is 2.44. The van der Waals surface area contributed by atoms with Crippen LogP contribution < -0.4 is 4.90 Å². The number of carbonyl (C=O) groups is 1. The summed E-state index contributed by atoms with van der Waals surface area (Å²) in [6, 6.07) is 5.10. The molecule has 1 heterocycles. The molecule has 0 bridgehead atoms. The minimum atomic E-state index is -0.918. The van der Waals surface area contributed by atoms with E-state index in [0.29, 0.717) is 22.4 Å². The number of hydrogen-bond acceptors (Lipinski definition) is 2. The van der Waals surface area contributed by atoms with Crippen molar-refractivity contribution in [3.8, 4) is 0 Å². The maximum atomic E-state index is 11.3. The SMILES string of the molecule is CC1CCN(c2ccc(Cl)cc2C(=O)O)CC1C. The Morgan fingerprint density at radius 1 is 1.39 bits per heavy atom. The zero-order valence-electron chi connectivity index (χ0n) is 10.7. The van der Waals surface area contributed by atoms with Crippen LogP contribution in [0.15, 0.2) is 18.2 Å². The van der Waals surface area contributed by atoms with Crippen molar-refractivity contribution in [3.05, 3.63) is 28.8 Å². The molecule has 18 heavy (non-hydrogen) atoms. The second-order valence-corrected chi connectivity index (χ2v) is 5.59. The lowest BCUT2D eigenvalue weighted by Gasteiger charge is -2.37. The molecule has 98 valence electrons. The summed E-state index contributed by atoms with van der Waals surface area (Å²) in [5, 5.41) is 9.72. The highest BCUT2D eigenvalue weighted by atomic mass is 35.5. The highest BCUT2D eigenvalue weighted by Gasteiger charge is 2.25. The molecule has 1 aromatic rings. The Hall–Kier alpha value is -1.22. The van der Waals surface area contributed by atoms with Crippen molar-refractivity contribution in [1.82, 2.24) is 0 Å². The molecule has 0 aromatic heterocycles. The standard InChI is InChI=1S/C14H18ClNO2/c1-9-5-6-16(8-10(9)2)13-4-3-11(15)7-12(13)14(17)18/h3-4,7,9-10H,5-6,8H2,1-2H3,(H,17,18). The quantitative estimate of drug-likeness (QED) is 0.891. The molecule has 4 heteroatoms. The van der Waals surface area contributed by atoms with Crippen LogP contribution in [0.2, 0.25) is 5.02 Å². The number of carboxylic acids is 1. The second kappa shape index (κ2) is 5.19. The average molecular weight is 268 g/mol. The van der Waals surface area contributed by atoms with Gasteiger partial charge in [0.2, 0.25) is 0 Å². The van der Waals surface area contributed by atoms with Crippen LogP contribution in [0, 0.1) is 11.8 Å². The van der Waals surface area contributed by atoms with Gasteiger partial charge in [-0.3, -0.25) is 0 Å². The summed E-state index contributed by atoms with van der Waals surface area (Å²) in [7, 11) is 0. The normalized spacial score (nSPS) is 24.1.